The number of aromatic nitrogens is 2. The van der Waals surface area contributed by atoms with E-state index in [4.69, 9.17) is 4.98 Å². The van der Waals surface area contributed by atoms with Crippen molar-refractivity contribution in [2.75, 3.05) is 0 Å². The molecule has 4 heteroatoms. The van der Waals surface area contributed by atoms with Gasteiger partial charge in [0.15, 0.2) is 0 Å². The molecule has 1 fully saturated rings. The number of nitrogens with zero attached hydrogens (tertiary/aromatic N) is 2. The molecule has 1 unspecified atom stereocenters. The summed E-state index contributed by atoms with van der Waals surface area (Å²) in [6.45, 7) is 8.86. The molecule has 4 nitrogen and oxygen atoms in total. The molecule has 0 aliphatic heterocycles. The van der Waals surface area contributed by atoms with E-state index in [1.54, 1.807) is 0 Å². The van der Waals surface area contributed by atoms with Crippen molar-refractivity contribution in [2.45, 2.75) is 78.8 Å². The molecule has 142 valence electrons. The smallest absolute Gasteiger partial charge is 0.225 e. The van der Waals surface area contributed by atoms with E-state index in [2.05, 4.69) is 28.1 Å². The van der Waals surface area contributed by atoms with E-state index in [1.165, 1.54) is 44.0 Å². The van der Waals surface area contributed by atoms with Gasteiger partial charge in [-0.2, -0.15) is 0 Å². The minimum atomic E-state index is -0.396. The molecule has 1 amide bonds. The summed E-state index contributed by atoms with van der Waals surface area (Å²) in [6.07, 6.45) is 8.07. The van der Waals surface area contributed by atoms with Gasteiger partial charge in [-0.25, -0.2) is 4.98 Å². The first-order valence-corrected chi connectivity index (χ1v) is 10.1. The average Bonchev–Trinajstić information content (AvgIpc) is 2.99. The van der Waals surface area contributed by atoms with Crippen molar-refractivity contribution in [3.63, 3.8) is 0 Å². The van der Waals surface area contributed by atoms with Gasteiger partial charge in [-0.05, 0) is 31.4 Å². The number of amides is 1. The van der Waals surface area contributed by atoms with E-state index in [-0.39, 0.29) is 11.9 Å². The third-order valence-corrected chi connectivity index (χ3v) is 5.59. The fourth-order valence-electron chi connectivity index (χ4n) is 3.92. The third kappa shape index (κ3) is 4.28. The van der Waals surface area contributed by atoms with Crippen molar-refractivity contribution in [2.24, 2.45) is 11.3 Å². The Hall–Kier alpha value is -1.84. The highest BCUT2D eigenvalue weighted by molar-refractivity contribution is 5.82. The number of benzene rings is 1. The molecule has 1 aliphatic rings. The number of imidazole rings is 1. The van der Waals surface area contributed by atoms with Crippen LogP contribution in [-0.4, -0.2) is 15.5 Å². The number of carbonyl (C=O) groups is 1. The number of nitrogens with one attached hydrogen (secondary N) is 1. The molecular weight excluding hydrogens is 322 g/mol. The standard InChI is InChI=1S/C22H33N3O/c1-16(23-21(26)22(2,3)4)20-24-18-12-8-9-13-19(18)25(20)15-14-17-10-6-5-7-11-17/h8-9,12-13,16-17H,5-7,10-11,14-15H2,1-4H3,(H,23,26). The summed E-state index contributed by atoms with van der Waals surface area (Å²) in [6, 6.07) is 8.21. The van der Waals surface area contributed by atoms with Crippen molar-refractivity contribution in [3.8, 4) is 0 Å². The second-order valence-corrected chi connectivity index (χ2v) is 8.85. The number of para-hydroxylation sites is 2. The predicted molar refractivity (Wildman–Crippen MR) is 107 cm³/mol. The molecule has 0 bridgehead atoms. The summed E-state index contributed by atoms with van der Waals surface area (Å²) in [7, 11) is 0. The molecule has 1 aromatic carbocycles. The van der Waals surface area contributed by atoms with Crippen LogP contribution in [0.1, 0.15) is 78.1 Å². The summed E-state index contributed by atoms with van der Waals surface area (Å²) in [5, 5.41) is 3.15. The van der Waals surface area contributed by atoms with E-state index in [9.17, 15) is 4.79 Å². The lowest BCUT2D eigenvalue weighted by atomic mass is 9.87. The topological polar surface area (TPSA) is 46.9 Å². The molecule has 0 radical (unpaired) electrons. The van der Waals surface area contributed by atoms with Crippen molar-refractivity contribution >= 4 is 16.9 Å². The van der Waals surface area contributed by atoms with Gasteiger partial charge >= 0.3 is 0 Å². The van der Waals surface area contributed by atoms with Crippen molar-refractivity contribution in [1.82, 2.24) is 14.9 Å². The van der Waals surface area contributed by atoms with Gasteiger partial charge in [0.25, 0.3) is 0 Å². The lowest BCUT2D eigenvalue weighted by molar-refractivity contribution is -0.129. The van der Waals surface area contributed by atoms with Crippen LogP contribution in [0.15, 0.2) is 24.3 Å². The maximum Gasteiger partial charge on any atom is 0.225 e. The number of carbonyl (C=O) groups excluding carboxylic acids is 1. The Kier molecular flexibility index (Phi) is 5.69. The lowest BCUT2D eigenvalue weighted by Crippen LogP contribution is -2.37. The van der Waals surface area contributed by atoms with E-state index < -0.39 is 5.41 Å². The third-order valence-electron chi connectivity index (χ3n) is 5.59. The molecule has 1 aliphatic carbocycles. The van der Waals surface area contributed by atoms with Gasteiger partial charge in [-0.1, -0.05) is 65.0 Å². The van der Waals surface area contributed by atoms with Crippen LogP contribution in [0.25, 0.3) is 11.0 Å². The van der Waals surface area contributed by atoms with Crippen LogP contribution in [0.4, 0.5) is 0 Å². The zero-order valence-corrected chi connectivity index (χ0v) is 16.7. The Balaban J connectivity index is 1.82. The predicted octanol–water partition coefficient (Wildman–Crippen LogP) is 5.23. The molecule has 1 aromatic heterocycles. The van der Waals surface area contributed by atoms with Crippen LogP contribution in [-0.2, 0) is 11.3 Å². The van der Waals surface area contributed by atoms with Crippen LogP contribution in [0, 0.1) is 11.3 Å². The van der Waals surface area contributed by atoms with E-state index in [0.29, 0.717) is 0 Å². The van der Waals surface area contributed by atoms with Gasteiger partial charge in [0.05, 0.1) is 17.1 Å². The molecule has 1 atom stereocenters. The highest BCUT2D eigenvalue weighted by Gasteiger charge is 2.25. The van der Waals surface area contributed by atoms with E-state index in [0.717, 1.165) is 23.8 Å². The summed E-state index contributed by atoms with van der Waals surface area (Å²) in [5.74, 6) is 1.87. The van der Waals surface area contributed by atoms with Crippen LogP contribution in [0.2, 0.25) is 0 Å². The first kappa shape index (κ1) is 18.9. The molecule has 0 spiro atoms. The number of hydrogen-bond acceptors (Lipinski definition) is 2. The highest BCUT2D eigenvalue weighted by atomic mass is 16.2. The maximum absolute atomic E-state index is 12.4. The van der Waals surface area contributed by atoms with Gasteiger partial charge in [0.1, 0.15) is 5.82 Å². The molecule has 3 rings (SSSR count). The van der Waals surface area contributed by atoms with Crippen molar-refractivity contribution in [3.05, 3.63) is 30.1 Å². The molecular formula is C22H33N3O. The first-order chi connectivity index (χ1) is 12.4. The molecule has 2 aromatic rings. The van der Waals surface area contributed by atoms with Crippen LogP contribution >= 0.6 is 0 Å². The van der Waals surface area contributed by atoms with Crippen molar-refractivity contribution < 1.29 is 4.79 Å². The highest BCUT2D eigenvalue weighted by Crippen LogP contribution is 2.29. The Bertz CT molecular complexity index is 750. The zero-order valence-electron chi connectivity index (χ0n) is 16.7. The Morgan fingerprint density at radius 3 is 2.62 bits per heavy atom. The van der Waals surface area contributed by atoms with E-state index in [1.807, 2.05) is 33.8 Å². The summed E-state index contributed by atoms with van der Waals surface area (Å²) in [4.78, 5) is 17.3. The number of aryl methyl sites for hydroxylation is 1. The molecule has 1 saturated carbocycles. The minimum absolute atomic E-state index is 0.0656. The van der Waals surface area contributed by atoms with Gasteiger partial charge in [-0.15, -0.1) is 0 Å². The summed E-state index contributed by atoms with van der Waals surface area (Å²) in [5.41, 5.74) is 1.80. The summed E-state index contributed by atoms with van der Waals surface area (Å²) >= 11 is 0. The van der Waals surface area contributed by atoms with Crippen LogP contribution < -0.4 is 5.32 Å². The Morgan fingerprint density at radius 1 is 1.23 bits per heavy atom. The number of hydrogen-bond donors (Lipinski definition) is 1. The van der Waals surface area contributed by atoms with Crippen LogP contribution in [0.3, 0.4) is 0 Å². The second kappa shape index (κ2) is 7.81. The minimum Gasteiger partial charge on any atom is -0.346 e. The molecule has 0 saturated heterocycles. The van der Waals surface area contributed by atoms with Crippen LogP contribution in [0.5, 0.6) is 0 Å². The average molecular weight is 356 g/mol. The Labute approximate surface area is 157 Å². The first-order valence-electron chi connectivity index (χ1n) is 10.1. The van der Waals surface area contributed by atoms with E-state index >= 15 is 0 Å². The monoisotopic (exact) mass is 355 g/mol. The van der Waals surface area contributed by atoms with Gasteiger partial charge in [0, 0.05) is 12.0 Å². The van der Waals surface area contributed by atoms with Crippen molar-refractivity contribution in [1.29, 1.82) is 0 Å². The fourth-order valence-corrected chi connectivity index (χ4v) is 3.92. The molecule has 26 heavy (non-hydrogen) atoms. The lowest BCUT2D eigenvalue weighted by Gasteiger charge is -2.24. The summed E-state index contributed by atoms with van der Waals surface area (Å²) < 4.78 is 2.33. The quantitative estimate of drug-likeness (QED) is 0.798. The number of fused-ring (bicyclic) bond motifs is 1. The normalized spacial score (nSPS) is 17.4. The largest absolute Gasteiger partial charge is 0.346 e. The second-order valence-electron chi connectivity index (χ2n) is 8.85. The fraction of sp³-hybridized carbons (Fsp3) is 0.636. The molecule has 1 heterocycles. The van der Waals surface area contributed by atoms with Gasteiger partial charge < -0.3 is 9.88 Å². The number of rotatable bonds is 5. The zero-order chi connectivity index (χ0) is 18.7. The van der Waals surface area contributed by atoms with Gasteiger partial charge in [0.2, 0.25) is 5.91 Å². The SMILES string of the molecule is CC(NC(=O)C(C)(C)C)c1nc2ccccc2n1CCC1CCCCC1. The Morgan fingerprint density at radius 2 is 1.92 bits per heavy atom. The maximum atomic E-state index is 12.4. The van der Waals surface area contributed by atoms with Gasteiger partial charge in [-0.3, -0.25) is 4.79 Å². The molecule has 1 N–H and O–H groups in total.